The van der Waals surface area contributed by atoms with Crippen LogP contribution in [0.3, 0.4) is 0 Å². The maximum Gasteiger partial charge on any atom is 0.172 e. The van der Waals surface area contributed by atoms with E-state index in [4.69, 9.17) is 23.8 Å². The molecule has 3 nitrogen and oxygen atoms in total. The van der Waals surface area contributed by atoms with E-state index in [9.17, 15) is 0 Å². The summed E-state index contributed by atoms with van der Waals surface area (Å²) >= 11 is 14.3. The van der Waals surface area contributed by atoms with E-state index < -0.39 is 0 Å². The van der Waals surface area contributed by atoms with Gasteiger partial charge in [-0.1, -0.05) is 11.6 Å². The molecule has 1 aromatic rings. The second-order valence-corrected chi connectivity index (χ2v) is 5.06. The van der Waals surface area contributed by atoms with Crippen LogP contribution in [0.4, 0.5) is 5.82 Å². The third-order valence-corrected chi connectivity index (χ3v) is 2.98. The van der Waals surface area contributed by atoms with Crippen molar-refractivity contribution >= 4 is 50.7 Å². The Morgan fingerprint density at radius 2 is 2.33 bits per heavy atom. The number of aromatic nitrogens is 1. The molecular weight excluding hydrogens is 298 g/mol. The molecule has 0 aromatic carbocycles. The molecule has 0 spiro atoms. The van der Waals surface area contributed by atoms with Gasteiger partial charge in [-0.25, -0.2) is 4.98 Å². The molecule has 1 aliphatic carbocycles. The molecule has 2 N–H and O–H groups in total. The van der Waals surface area contributed by atoms with Gasteiger partial charge in [-0.05, 0) is 47.1 Å². The van der Waals surface area contributed by atoms with E-state index in [-0.39, 0.29) is 0 Å². The van der Waals surface area contributed by atoms with Gasteiger partial charge < -0.3 is 10.6 Å². The molecule has 1 saturated carbocycles. The molecule has 0 aliphatic heterocycles. The molecule has 1 fully saturated rings. The number of pyridine rings is 1. The maximum absolute atomic E-state index is 5.78. The summed E-state index contributed by atoms with van der Waals surface area (Å²) in [6.07, 6.45) is 3.96. The second-order valence-electron chi connectivity index (χ2n) is 3.36. The van der Waals surface area contributed by atoms with Gasteiger partial charge >= 0.3 is 0 Å². The van der Waals surface area contributed by atoms with Crippen LogP contribution in [-0.2, 0) is 0 Å². The Balaban J connectivity index is 1.99. The molecule has 6 heteroatoms. The van der Waals surface area contributed by atoms with Gasteiger partial charge in [-0.2, -0.15) is 0 Å². The van der Waals surface area contributed by atoms with Gasteiger partial charge in [0.1, 0.15) is 5.82 Å². The van der Waals surface area contributed by atoms with Crippen molar-refractivity contribution in [2.75, 3.05) is 5.32 Å². The lowest BCUT2D eigenvalue weighted by Gasteiger charge is -2.10. The van der Waals surface area contributed by atoms with Crippen LogP contribution < -0.4 is 10.6 Å². The predicted molar refractivity (Wildman–Crippen MR) is 69.3 cm³/mol. The first-order valence-electron chi connectivity index (χ1n) is 4.54. The summed E-state index contributed by atoms with van der Waals surface area (Å²) < 4.78 is 0.801. The average Bonchev–Trinajstić information content (AvgIpc) is 2.94. The van der Waals surface area contributed by atoms with Crippen molar-refractivity contribution in [3.8, 4) is 0 Å². The molecule has 0 saturated heterocycles. The SMILES string of the molecule is S=C(Nc1ncc(Cl)cc1Br)NC1CC1. The number of thiocarbonyl (C=S) groups is 1. The number of halogens is 2. The third kappa shape index (κ3) is 3.29. The topological polar surface area (TPSA) is 37.0 Å². The van der Waals surface area contributed by atoms with Gasteiger partial charge in [0.15, 0.2) is 5.11 Å². The molecule has 0 bridgehead atoms. The van der Waals surface area contributed by atoms with E-state index in [0.29, 0.717) is 22.0 Å². The zero-order valence-electron chi connectivity index (χ0n) is 7.76. The molecule has 0 radical (unpaired) electrons. The Labute approximate surface area is 107 Å². The molecule has 80 valence electrons. The Morgan fingerprint density at radius 1 is 1.60 bits per heavy atom. The fourth-order valence-corrected chi connectivity index (χ4v) is 2.06. The summed E-state index contributed by atoms with van der Waals surface area (Å²) in [5.74, 6) is 0.678. The van der Waals surface area contributed by atoms with Crippen molar-refractivity contribution in [3.05, 3.63) is 21.8 Å². The van der Waals surface area contributed by atoms with E-state index in [1.165, 1.54) is 12.8 Å². The van der Waals surface area contributed by atoms with Gasteiger partial charge in [-0.15, -0.1) is 0 Å². The first-order chi connectivity index (χ1) is 7.15. The van der Waals surface area contributed by atoms with Crippen molar-refractivity contribution in [2.24, 2.45) is 0 Å². The summed E-state index contributed by atoms with van der Waals surface area (Å²) in [6, 6.07) is 2.31. The van der Waals surface area contributed by atoms with Crippen molar-refractivity contribution in [1.29, 1.82) is 0 Å². The highest BCUT2D eigenvalue weighted by Crippen LogP contribution is 2.23. The van der Waals surface area contributed by atoms with Crippen LogP contribution in [0.5, 0.6) is 0 Å². The normalized spacial score (nSPS) is 14.8. The van der Waals surface area contributed by atoms with Crippen LogP contribution >= 0.6 is 39.7 Å². The van der Waals surface area contributed by atoms with Crippen molar-refractivity contribution in [1.82, 2.24) is 10.3 Å². The summed E-state index contributed by atoms with van der Waals surface area (Å²) in [5.41, 5.74) is 0. The van der Waals surface area contributed by atoms with E-state index in [1.54, 1.807) is 12.3 Å². The van der Waals surface area contributed by atoms with Crippen LogP contribution in [0.2, 0.25) is 5.02 Å². The fraction of sp³-hybridized carbons (Fsp3) is 0.333. The molecule has 0 amide bonds. The lowest BCUT2D eigenvalue weighted by molar-refractivity contribution is 0.918. The lowest BCUT2D eigenvalue weighted by Crippen LogP contribution is -2.30. The van der Waals surface area contributed by atoms with Crippen LogP contribution in [-0.4, -0.2) is 16.1 Å². The van der Waals surface area contributed by atoms with Crippen LogP contribution in [0.25, 0.3) is 0 Å². The first kappa shape index (κ1) is 11.1. The number of hydrogen-bond donors (Lipinski definition) is 2. The molecule has 1 heterocycles. The van der Waals surface area contributed by atoms with Gasteiger partial charge in [0, 0.05) is 12.2 Å². The molecule has 15 heavy (non-hydrogen) atoms. The number of nitrogens with one attached hydrogen (secondary N) is 2. The average molecular weight is 307 g/mol. The largest absolute Gasteiger partial charge is 0.360 e. The standard InChI is InChI=1S/C9H9BrClN3S/c10-7-3-5(11)4-12-8(7)14-9(15)13-6-1-2-6/h3-4,6H,1-2H2,(H2,12,13,14,15). The van der Waals surface area contributed by atoms with Gasteiger partial charge in [-0.3, -0.25) is 0 Å². The number of hydrogen-bond acceptors (Lipinski definition) is 2. The van der Waals surface area contributed by atoms with E-state index in [1.807, 2.05) is 0 Å². The van der Waals surface area contributed by atoms with Gasteiger partial charge in [0.25, 0.3) is 0 Å². The zero-order valence-corrected chi connectivity index (χ0v) is 10.9. The highest BCUT2D eigenvalue weighted by Gasteiger charge is 2.21. The third-order valence-electron chi connectivity index (χ3n) is 1.95. The van der Waals surface area contributed by atoms with Crippen LogP contribution in [0.15, 0.2) is 16.7 Å². The zero-order chi connectivity index (χ0) is 10.8. The van der Waals surface area contributed by atoms with Gasteiger partial charge in [0.2, 0.25) is 0 Å². The van der Waals surface area contributed by atoms with Crippen molar-refractivity contribution in [2.45, 2.75) is 18.9 Å². The lowest BCUT2D eigenvalue weighted by atomic mass is 10.4. The number of rotatable bonds is 2. The first-order valence-corrected chi connectivity index (χ1v) is 6.11. The highest BCUT2D eigenvalue weighted by molar-refractivity contribution is 9.10. The van der Waals surface area contributed by atoms with Crippen LogP contribution in [0.1, 0.15) is 12.8 Å². The maximum atomic E-state index is 5.78. The minimum absolute atomic E-state index is 0.538. The minimum atomic E-state index is 0.538. The molecule has 2 rings (SSSR count). The smallest absolute Gasteiger partial charge is 0.172 e. The van der Waals surface area contributed by atoms with Gasteiger partial charge in [0.05, 0.1) is 9.50 Å². The molecule has 1 aliphatic rings. The van der Waals surface area contributed by atoms with Crippen LogP contribution in [0, 0.1) is 0 Å². The Bertz CT molecular complexity index is 395. The monoisotopic (exact) mass is 305 g/mol. The van der Waals surface area contributed by atoms with E-state index >= 15 is 0 Å². The quantitative estimate of drug-likeness (QED) is 0.824. The number of anilines is 1. The summed E-state index contributed by atoms with van der Waals surface area (Å²) in [6.45, 7) is 0. The summed E-state index contributed by atoms with van der Waals surface area (Å²) in [5, 5.41) is 7.38. The summed E-state index contributed by atoms with van der Waals surface area (Å²) in [4.78, 5) is 4.13. The summed E-state index contributed by atoms with van der Waals surface area (Å²) in [7, 11) is 0. The fourth-order valence-electron chi connectivity index (χ4n) is 1.06. The molecular formula is C9H9BrClN3S. The number of nitrogens with zero attached hydrogens (tertiary/aromatic N) is 1. The minimum Gasteiger partial charge on any atom is -0.360 e. The molecule has 1 aromatic heterocycles. The second kappa shape index (κ2) is 4.63. The Morgan fingerprint density at radius 3 is 2.93 bits per heavy atom. The predicted octanol–water partition coefficient (Wildman–Crippen LogP) is 2.95. The molecule has 0 atom stereocenters. The van der Waals surface area contributed by atoms with Crippen molar-refractivity contribution < 1.29 is 0 Å². The van der Waals surface area contributed by atoms with E-state index in [0.717, 1.165) is 4.47 Å². The van der Waals surface area contributed by atoms with E-state index in [2.05, 4.69) is 31.5 Å². The van der Waals surface area contributed by atoms with Crippen molar-refractivity contribution in [3.63, 3.8) is 0 Å². The highest BCUT2D eigenvalue weighted by atomic mass is 79.9. The molecule has 0 unspecified atom stereocenters. The Hall–Kier alpha value is -0.390. The Kier molecular flexibility index (Phi) is 3.43.